The van der Waals surface area contributed by atoms with Gasteiger partial charge in [-0.3, -0.25) is 14.3 Å². The van der Waals surface area contributed by atoms with Crippen molar-refractivity contribution in [1.29, 1.82) is 5.26 Å². The number of nitriles is 1. The Balaban J connectivity index is 1.77. The molecule has 0 bridgehead atoms. The van der Waals surface area contributed by atoms with Crippen LogP contribution in [-0.2, 0) is 6.54 Å². The van der Waals surface area contributed by atoms with Crippen molar-refractivity contribution in [2.45, 2.75) is 32.2 Å². The molecule has 0 amide bonds. The molecule has 1 aliphatic carbocycles. The van der Waals surface area contributed by atoms with Crippen LogP contribution in [0.4, 0.5) is 19.0 Å². The molecule has 8 nitrogen and oxygen atoms in total. The van der Waals surface area contributed by atoms with Crippen LogP contribution < -0.4 is 16.1 Å². The summed E-state index contributed by atoms with van der Waals surface area (Å²) in [6.45, 7) is 1.58. The third-order valence-electron chi connectivity index (χ3n) is 6.35. The van der Waals surface area contributed by atoms with E-state index in [4.69, 9.17) is 11.6 Å². The standard InChI is InChI=1S/C23H18ClF3N6O2/c1-13-7-29-8-17(30-13)33-20(34)18(14-2-3-16(25)15(24)6-14)19(32(5-4-28)21(33)35)31-11-22(12-31)9-23(26,27)10-22/h2-3,6-8H,5,9-12H2,1H3. The van der Waals surface area contributed by atoms with Gasteiger partial charge in [0.15, 0.2) is 5.82 Å². The largest absolute Gasteiger partial charge is 0.356 e. The molecule has 1 saturated heterocycles. The molecule has 1 saturated carbocycles. The second-order valence-corrected chi connectivity index (χ2v) is 9.49. The molecule has 0 atom stereocenters. The van der Waals surface area contributed by atoms with E-state index in [9.17, 15) is 28.0 Å². The van der Waals surface area contributed by atoms with E-state index in [1.807, 2.05) is 6.07 Å². The predicted octanol–water partition coefficient (Wildman–Crippen LogP) is 3.32. The van der Waals surface area contributed by atoms with Crippen LogP contribution in [0, 0.1) is 29.5 Å². The topological polar surface area (TPSA) is 96.8 Å². The van der Waals surface area contributed by atoms with Crippen molar-refractivity contribution in [1.82, 2.24) is 19.1 Å². The first-order valence-corrected chi connectivity index (χ1v) is 11.1. The van der Waals surface area contributed by atoms with E-state index in [1.54, 1.807) is 11.8 Å². The van der Waals surface area contributed by atoms with Crippen molar-refractivity contribution < 1.29 is 13.2 Å². The first-order chi connectivity index (χ1) is 16.5. The van der Waals surface area contributed by atoms with Crippen LogP contribution in [0.5, 0.6) is 0 Å². The van der Waals surface area contributed by atoms with Crippen molar-refractivity contribution in [2.75, 3.05) is 18.0 Å². The number of halogens is 4. The molecule has 1 aliphatic heterocycles. The van der Waals surface area contributed by atoms with Gasteiger partial charge < -0.3 is 4.90 Å². The Hall–Kier alpha value is -3.65. The first-order valence-electron chi connectivity index (χ1n) is 10.7. The Morgan fingerprint density at radius 3 is 2.51 bits per heavy atom. The fraction of sp³-hybridized carbons (Fsp3) is 0.348. The van der Waals surface area contributed by atoms with Gasteiger partial charge in [-0.15, -0.1) is 0 Å². The number of anilines is 1. The molecule has 1 spiro atoms. The molecular weight excluding hydrogens is 485 g/mol. The Kier molecular flexibility index (Phi) is 5.25. The minimum absolute atomic E-state index is 0.0222. The Bertz CT molecular complexity index is 1510. The van der Waals surface area contributed by atoms with E-state index < -0.39 is 34.9 Å². The predicted molar refractivity (Wildman–Crippen MR) is 121 cm³/mol. The summed E-state index contributed by atoms with van der Waals surface area (Å²) in [6, 6.07) is 5.59. The van der Waals surface area contributed by atoms with Gasteiger partial charge in [0.05, 0.1) is 28.5 Å². The second-order valence-electron chi connectivity index (χ2n) is 9.08. The fourth-order valence-corrected chi connectivity index (χ4v) is 5.21. The summed E-state index contributed by atoms with van der Waals surface area (Å²) in [5.41, 5.74) is -1.59. The van der Waals surface area contributed by atoms with E-state index in [-0.39, 0.29) is 53.7 Å². The molecular formula is C23H18ClF3N6O2. The molecule has 35 heavy (non-hydrogen) atoms. The van der Waals surface area contributed by atoms with E-state index in [0.717, 1.165) is 15.2 Å². The van der Waals surface area contributed by atoms with Crippen LogP contribution in [0.3, 0.4) is 0 Å². The summed E-state index contributed by atoms with van der Waals surface area (Å²) >= 11 is 5.99. The second kappa shape index (κ2) is 7.95. The van der Waals surface area contributed by atoms with Crippen LogP contribution >= 0.6 is 11.6 Å². The number of hydrogen-bond acceptors (Lipinski definition) is 6. The SMILES string of the molecule is Cc1cncc(-n2c(=O)c(-c3ccc(F)c(Cl)c3)c(N3CC4(C3)CC(F)(F)C4)n(CC#N)c2=O)n1. The molecule has 2 aromatic heterocycles. The number of nitrogens with zero attached hydrogens (tertiary/aromatic N) is 6. The maximum Gasteiger partial charge on any atom is 0.339 e. The van der Waals surface area contributed by atoms with Crippen LogP contribution in [0.25, 0.3) is 16.9 Å². The van der Waals surface area contributed by atoms with Gasteiger partial charge in [-0.25, -0.2) is 27.5 Å². The smallest absolute Gasteiger partial charge is 0.339 e. The Labute approximate surface area is 201 Å². The third-order valence-corrected chi connectivity index (χ3v) is 6.64. The minimum atomic E-state index is -2.74. The molecule has 2 fully saturated rings. The molecule has 5 rings (SSSR count). The molecule has 0 N–H and O–H groups in total. The highest BCUT2D eigenvalue weighted by molar-refractivity contribution is 6.31. The van der Waals surface area contributed by atoms with Crippen molar-refractivity contribution in [3.8, 4) is 23.0 Å². The summed E-state index contributed by atoms with van der Waals surface area (Å²) < 4.78 is 43.0. The number of aryl methyl sites for hydroxylation is 1. The van der Waals surface area contributed by atoms with Gasteiger partial charge in [-0.05, 0) is 24.6 Å². The normalized spacial score (nSPS) is 17.5. The van der Waals surface area contributed by atoms with Gasteiger partial charge in [-0.2, -0.15) is 5.26 Å². The lowest BCUT2D eigenvalue weighted by Gasteiger charge is -2.59. The monoisotopic (exact) mass is 502 g/mol. The summed E-state index contributed by atoms with van der Waals surface area (Å²) in [7, 11) is 0. The molecule has 0 radical (unpaired) electrons. The minimum Gasteiger partial charge on any atom is -0.356 e. The average molecular weight is 503 g/mol. The van der Waals surface area contributed by atoms with E-state index >= 15 is 0 Å². The van der Waals surface area contributed by atoms with Gasteiger partial charge in [0.2, 0.25) is 5.92 Å². The zero-order chi connectivity index (χ0) is 25.1. The lowest BCUT2D eigenvalue weighted by molar-refractivity contribution is -0.170. The molecule has 0 unspecified atom stereocenters. The molecule has 12 heteroatoms. The summed E-state index contributed by atoms with van der Waals surface area (Å²) in [5, 5.41) is 9.23. The van der Waals surface area contributed by atoms with Gasteiger partial charge in [-0.1, -0.05) is 17.7 Å². The summed E-state index contributed by atoms with van der Waals surface area (Å²) in [4.78, 5) is 37.1. The Morgan fingerprint density at radius 2 is 1.91 bits per heavy atom. The van der Waals surface area contributed by atoms with Crippen molar-refractivity contribution in [3.63, 3.8) is 0 Å². The van der Waals surface area contributed by atoms with E-state index in [1.165, 1.54) is 24.5 Å². The number of benzene rings is 1. The number of rotatable bonds is 4. The Morgan fingerprint density at radius 1 is 1.20 bits per heavy atom. The molecule has 3 heterocycles. The highest BCUT2D eigenvalue weighted by Gasteiger charge is 2.62. The van der Waals surface area contributed by atoms with Crippen LogP contribution in [0.1, 0.15) is 18.5 Å². The van der Waals surface area contributed by atoms with Crippen LogP contribution in [0.15, 0.2) is 40.2 Å². The average Bonchev–Trinajstić information content (AvgIpc) is 2.74. The summed E-state index contributed by atoms with van der Waals surface area (Å²) in [6.07, 6.45) is 2.12. The maximum absolute atomic E-state index is 13.9. The molecule has 3 aromatic rings. The number of alkyl halides is 2. The lowest BCUT2D eigenvalue weighted by atomic mass is 9.61. The summed E-state index contributed by atoms with van der Waals surface area (Å²) in [5.74, 6) is -3.39. The van der Waals surface area contributed by atoms with Crippen LogP contribution in [-0.4, -0.2) is 38.1 Å². The van der Waals surface area contributed by atoms with Crippen molar-refractivity contribution in [3.05, 3.63) is 68.0 Å². The van der Waals surface area contributed by atoms with Gasteiger partial charge in [0, 0.05) is 37.5 Å². The third kappa shape index (κ3) is 3.78. The fourth-order valence-electron chi connectivity index (χ4n) is 5.03. The van der Waals surface area contributed by atoms with Gasteiger partial charge >= 0.3 is 5.69 Å². The zero-order valence-corrected chi connectivity index (χ0v) is 19.2. The highest BCUT2D eigenvalue weighted by atomic mass is 35.5. The lowest BCUT2D eigenvalue weighted by Crippen LogP contribution is -2.67. The van der Waals surface area contributed by atoms with E-state index in [0.29, 0.717) is 5.69 Å². The number of hydrogen-bond donors (Lipinski definition) is 0. The first kappa shape index (κ1) is 23.1. The van der Waals surface area contributed by atoms with Gasteiger partial charge in [0.25, 0.3) is 5.56 Å². The maximum atomic E-state index is 13.9. The molecule has 1 aromatic carbocycles. The van der Waals surface area contributed by atoms with Crippen molar-refractivity contribution in [2.24, 2.45) is 5.41 Å². The molecule has 180 valence electrons. The van der Waals surface area contributed by atoms with Crippen LogP contribution in [0.2, 0.25) is 5.02 Å². The quantitative estimate of drug-likeness (QED) is 0.543. The van der Waals surface area contributed by atoms with Gasteiger partial charge in [0.1, 0.15) is 18.2 Å². The highest BCUT2D eigenvalue weighted by Crippen LogP contribution is 2.57. The molecule has 2 aliphatic rings. The van der Waals surface area contributed by atoms with Crippen molar-refractivity contribution >= 4 is 17.4 Å². The number of aromatic nitrogens is 4. The van der Waals surface area contributed by atoms with E-state index in [2.05, 4.69) is 9.97 Å². The zero-order valence-electron chi connectivity index (χ0n) is 18.4.